The van der Waals surface area contributed by atoms with E-state index in [9.17, 15) is 9.59 Å². The van der Waals surface area contributed by atoms with Crippen molar-refractivity contribution in [2.24, 2.45) is 0 Å². The lowest BCUT2D eigenvalue weighted by Crippen LogP contribution is -2.52. The van der Waals surface area contributed by atoms with E-state index < -0.39 is 11.8 Å². The van der Waals surface area contributed by atoms with E-state index in [2.05, 4.69) is 6.58 Å². The van der Waals surface area contributed by atoms with Crippen LogP contribution in [0.3, 0.4) is 0 Å². The van der Waals surface area contributed by atoms with Gasteiger partial charge in [-0.1, -0.05) is 42.5 Å². The SMILES string of the molecule is C=CCc1cc(C=C2C(=O)N(C)C(=S)N(C)C2=O)ccc1OCc1ccccc1. The summed E-state index contributed by atoms with van der Waals surface area (Å²) in [6.45, 7) is 4.26. The van der Waals surface area contributed by atoms with Crippen molar-refractivity contribution in [3.63, 3.8) is 0 Å². The van der Waals surface area contributed by atoms with Gasteiger partial charge in [0.05, 0.1) is 0 Å². The molecule has 1 saturated heterocycles. The molecule has 0 N–H and O–H groups in total. The number of amides is 2. The normalized spacial score (nSPS) is 14.3. The highest BCUT2D eigenvalue weighted by molar-refractivity contribution is 7.80. The Morgan fingerprint density at radius 1 is 1.03 bits per heavy atom. The zero-order chi connectivity index (χ0) is 21.0. The van der Waals surface area contributed by atoms with Crippen LogP contribution in [0.25, 0.3) is 6.08 Å². The average Bonchev–Trinajstić information content (AvgIpc) is 2.74. The van der Waals surface area contributed by atoms with E-state index in [0.29, 0.717) is 13.0 Å². The molecule has 1 aliphatic rings. The minimum absolute atomic E-state index is 0.0751. The summed E-state index contributed by atoms with van der Waals surface area (Å²) in [5.74, 6) is -0.0758. The number of carbonyl (C=O) groups excluding carboxylic acids is 2. The molecule has 2 aromatic carbocycles. The van der Waals surface area contributed by atoms with Gasteiger partial charge in [0.25, 0.3) is 11.8 Å². The Morgan fingerprint density at radius 3 is 2.31 bits per heavy atom. The number of benzene rings is 2. The predicted octanol–water partition coefficient (Wildman–Crippen LogP) is 3.59. The summed E-state index contributed by atoms with van der Waals surface area (Å²) in [6.07, 6.45) is 3.98. The van der Waals surface area contributed by atoms with Gasteiger partial charge >= 0.3 is 0 Å². The first-order chi connectivity index (χ1) is 13.9. The van der Waals surface area contributed by atoms with Crippen LogP contribution in [-0.2, 0) is 22.6 Å². The van der Waals surface area contributed by atoms with Gasteiger partial charge in [-0.2, -0.15) is 0 Å². The molecule has 0 atom stereocenters. The highest BCUT2D eigenvalue weighted by atomic mass is 32.1. The molecule has 1 heterocycles. The fraction of sp³-hybridized carbons (Fsp3) is 0.174. The molecule has 148 valence electrons. The lowest BCUT2D eigenvalue weighted by Gasteiger charge is -2.31. The van der Waals surface area contributed by atoms with Crippen molar-refractivity contribution >= 4 is 35.2 Å². The van der Waals surface area contributed by atoms with E-state index in [0.717, 1.165) is 22.4 Å². The van der Waals surface area contributed by atoms with Crippen molar-refractivity contribution < 1.29 is 14.3 Å². The number of rotatable bonds is 6. The number of carbonyl (C=O) groups is 2. The van der Waals surface area contributed by atoms with Crippen molar-refractivity contribution in [1.82, 2.24) is 9.80 Å². The molecule has 0 spiro atoms. The Hall–Kier alpha value is -3.25. The highest BCUT2D eigenvalue weighted by Gasteiger charge is 2.35. The molecular weight excluding hydrogens is 384 g/mol. The quantitative estimate of drug-likeness (QED) is 0.318. The molecule has 1 fully saturated rings. The van der Waals surface area contributed by atoms with Crippen LogP contribution in [0.5, 0.6) is 5.75 Å². The second-order valence-electron chi connectivity index (χ2n) is 6.70. The molecule has 2 amide bonds. The molecule has 0 saturated carbocycles. The number of hydrogen-bond acceptors (Lipinski definition) is 4. The fourth-order valence-electron chi connectivity index (χ4n) is 3.02. The second-order valence-corrected chi connectivity index (χ2v) is 7.07. The van der Waals surface area contributed by atoms with Gasteiger partial charge in [0, 0.05) is 14.1 Å². The lowest BCUT2D eigenvalue weighted by atomic mass is 10.0. The number of nitrogens with zero attached hydrogens (tertiary/aromatic N) is 2. The van der Waals surface area contributed by atoms with Crippen LogP contribution in [0, 0.1) is 0 Å². The molecule has 0 aromatic heterocycles. The van der Waals surface area contributed by atoms with Gasteiger partial charge in [-0.15, -0.1) is 6.58 Å². The third-order valence-electron chi connectivity index (χ3n) is 4.64. The molecule has 1 aliphatic heterocycles. The van der Waals surface area contributed by atoms with Gasteiger partial charge in [0.15, 0.2) is 5.11 Å². The van der Waals surface area contributed by atoms with Crippen LogP contribution < -0.4 is 4.74 Å². The molecule has 6 heteroatoms. The number of ether oxygens (including phenoxy) is 1. The van der Waals surface area contributed by atoms with Gasteiger partial charge in [-0.3, -0.25) is 19.4 Å². The van der Waals surface area contributed by atoms with Crippen LogP contribution >= 0.6 is 12.2 Å². The molecule has 0 aliphatic carbocycles. The van der Waals surface area contributed by atoms with E-state index in [1.807, 2.05) is 48.5 Å². The van der Waals surface area contributed by atoms with Crippen LogP contribution in [0.4, 0.5) is 0 Å². The van der Waals surface area contributed by atoms with Gasteiger partial charge in [-0.25, -0.2) is 0 Å². The molecule has 5 nitrogen and oxygen atoms in total. The van der Waals surface area contributed by atoms with Gasteiger partial charge in [0.1, 0.15) is 17.9 Å². The Bertz CT molecular complexity index is 972. The van der Waals surface area contributed by atoms with Crippen molar-refractivity contribution in [3.05, 3.63) is 83.4 Å². The average molecular weight is 407 g/mol. The third-order valence-corrected chi connectivity index (χ3v) is 5.19. The molecule has 0 unspecified atom stereocenters. The van der Waals surface area contributed by atoms with Gasteiger partial charge < -0.3 is 4.74 Å². The summed E-state index contributed by atoms with van der Waals surface area (Å²) in [5.41, 5.74) is 2.81. The van der Waals surface area contributed by atoms with E-state index >= 15 is 0 Å². The number of hydrogen-bond donors (Lipinski definition) is 0. The van der Waals surface area contributed by atoms with E-state index in [1.165, 1.54) is 9.80 Å². The maximum Gasteiger partial charge on any atom is 0.265 e. The summed E-state index contributed by atoms with van der Waals surface area (Å²) < 4.78 is 5.98. The molecular formula is C23H22N2O3S. The fourth-order valence-corrected chi connectivity index (χ4v) is 3.19. The van der Waals surface area contributed by atoms with Crippen molar-refractivity contribution in [1.29, 1.82) is 0 Å². The minimum atomic E-state index is -0.409. The van der Waals surface area contributed by atoms with Crippen LogP contribution in [-0.4, -0.2) is 40.8 Å². The Labute approximate surface area is 175 Å². The Balaban J connectivity index is 1.88. The molecule has 3 rings (SSSR count). The van der Waals surface area contributed by atoms with Crippen molar-refractivity contribution in [2.75, 3.05) is 14.1 Å². The van der Waals surface area contributed by atoms with E-state index in [-0.39, 0.29) is 10.7 Å². The Morgan fingerprint density at radius 2 is 1.69 bits per heavy atom. The number of thiocarbonyl (C=S) groups is 1. The third kappa shape index (κ3) is 4.43. The summed E-state index contributed by atoms with van der Waals surface area (Å²) in [4.78, 5) is 27.6. The van der Waals surface area contributed by atoms with Gasteiger partial charge in [0.2, 0.25) is 0 Å². The first kappa shape index (κ1) is 20.5. The van der Waals surface area contributed by atoms with Crippen LogP contribution in [0.15, 0.2) is 66.8 Å². The van der Waals surface area contributed by atoms with Crippen molar-refractivity contribution in [2.45, 2.75) is 13.0 Å². The molecule has 0 radical (unpaired) electrons. The molecule has 0 bridgehead atoms. The summed E-state index contributed by atoms with van der Waals surface area (Å²) in [7, 11) is 3.12. The van der Waals surface area contributed by atoms with E-state index in [1.54, 1.807) is 26.2 Å². The maximum absolute atomic E-state index is 12.5. The monoisotopic (exact) mass is 406 g/mol. The second kappa shape index (κ2) is 8.84. The van der Waals surface area contributed by atoms with Gasteiger partial charge in [-0.05, 0) is 53.5 Å². The standard InChI is InChI=1S/C23H22N2O3S/c1-4-8-18-13-17(11-12-20(18)28-15-16-9-6-5-7-10-16)14-19-21(26)24(2)23(29)25(3)22(19)27/h4-7,9-14H,1,8,15H2,2-3H3. The zero-order valence-electron chi connectivity index (χ0n) is 16.4. The first-order valence-electron chi connectivity index (χ1n) is 9.14. The minimum Gasteiger partial charge on any atom is -0.489 e. The van der Waals surface area contributed by atoms with Crippen molar-refractivity contribution in [3.8, 4) is 5.75 Å². The largest absolute Gasteiger partial charge is 0.489 e. The molecule has 2 aromatic rings. The smallest absolute Gasteiger partial charge is 0.265 e. The number of likely N-dealkylation sites (N-methyl/N-ethyl adjacent to an activating group) is 2. The highest BCUT2D eigenvalue weighted by Crippen LogP contribution is 2.25. The Kier molecular flexibility index (Phi) is 6.24. The molecule has 29 heavy (non-hydrogen) atoms. The first-order valence-corrected chi connectivity index (χ1v) is 9.55. The summed E-state index contributed by atoms with van der Waals surface area (Å²) >= 11 is 5.12. The van der Waals surface area contributed by atoms with Crippen LogP contribution in [0.2, 0.25) is 0 Å². The van der Waals surface area contributed by atoms with Crippen LogP contribution in [0.1, 0.15) is 16.7 Å². The maximum atomic E-state index is 12.5. The topological polar surface area (TPSA) is 49.9 Å². The van der Waals surface area contributed by atoms with E-state index in [4.69, 9.17) is 17.0 Å². The lowest BCUT2D eigenvalue weighted by molar-refractivity contribution is -0.132. The zero-order valence-corrected chi connectivity index (χ0v) is 17.2. The number of allylic oxidation sites excluding steroid dienone is 1. The summed E-state index contributed by atoms with van der Waals surface area (Å²) in [5, 5.41) is 0.189. The predicted molar refractivity (Wildman–Crippen MR) is 117 cm³/mol. The summed E-state index contributed by atoms with van der Waals surface area (Å²) in [6, 6.07) is 15.5.